The third-order valence-corrected chi connectivity index (χ3v) is 5.34. The molecule has 3 aromatic heterocycles. The first-order valence-electron chi connectivity index (χ1n) is 8.30. The predicted molar refractivity (Wildman–Crippen MR) is 104 cm³/mol. The fourth-order valence-corrected chi connectivity index (χ4v) is 3.72. The van der Waals surface area contributed by atoms with Crippen LogP contribution in [0.3, 0.4) is 0 Å². The van der Waals surface area contributed by atoms with Crippen LogP contribution in [0.1, 0.15) is 16.1 Å². The van der Waals surface area contributed by atoms with Crippen molar-refractivity contribution in [2.24, 2.45) is 7.05 Å². The van der Waals surface area contributed by atoms with Crippen molar-refractivity contribution in [2.75, 3.05) is 5.75 Å². The third kappa shape index (κ3) is 3.04. The molecular weight excluding hydrogens is 344 g/mol. The number of rotatable bonds is 5. The van der Waals surface area contributed by atoms with E-state index in [-0.39, 0.29) is 5.78 Å². The second-order valence-corrected chi connectivity index (χ2v) is 7.15. The number of ketones is 1. The molecule has 130 valence electrons. The molecule has 4 rings (SSSR count). The minimum atomic E-state index is 0.0692. The lowest BCUT2D eigenvalue weighted by molar-refractivity contribution is 0.101. The number of thioether (sulfide) groups is 1. The van der Waals surface area contributed by atoms with Gasteiger partial charge >= 0.3 is 0 Å². The molecule has 3 heterocycles. The number of hydrogen-bond donors (Lipinski definition) is 0. The Morgan fingerprint density at radius 1 is 1.15 bits per heavy atom. The molecule has 0 aliphatic rings. The van der Waals surface area contributed by atoms with E-state index in [9.17, 15) is 4.79 Å². The van der Waals surface area contributed by atoms with E-state index in [1.165, 1.54) is 17.3 Å². The Bertz CT molecular complexity index is 1080. The summed E-state index contributed by atoms with van der Waals surface area (Å²) in [6, 6.07) is 16.3. The maximum Gasteiger partial charge on any atom is 0.191 e. The van der Waals surface area contributed by atoms with Gasteiger partial charge < -0.3 is 8.97 Å². The minimum Gasteiger partial charge on any atom is -0.313 e. The molecule has 0 atom stereocenters. The summed E-state index contributed by atoms with van der Waals surface area (Å²) in [5.41, 5.74) is 4.92. The second kappa shape index (κ2) is 6.80. The molecule has 0 fully saturated rings. The van der Waals surface area contributed by atoms with Crippen LogP contribution in [-0.2, 0) is 7.05 Å². The first-order valence-corrected chi connectivity index (χ1v) is 9.29. The standard InChI is InChI=1S/C20H18N4OS/c1-14-6-8-15(9-7-14)17-11-16-5-3-4-10-24(16)19(17)18(25)12-26-20-22-21-13-23(20)2/h3-11,13H,12H2,1-2H3. The number of aryl methyl sites for hydroxylation is 2. The van der Waals surface area contributed by atoms with Crippen LogP contribution in [0.2, 0.25) is 0 Å². The molecule has 0 aliphatic carbocycles. The number of aromatic nitrogens is 4. The Labute approximate surface area is 155 Å². The maximum absolute atomic E-state index is 13.1. The highest BCUT2D eigenvalue weighted by molar-refractivity contribution is 7.99. The molecule has 4 aromatic rings. The van der Waals surface area contributed by atoms with E-state index in [1.807, 2.05) is 40.4 Å². The van der Waals surface area contributed by atoms with E-state index >= 15 is 0 Å². The molecule has 0 amide bonds. The van der Waals surface area contributed by atoms with Gasteiger partial charge in [0.15, 0.2) is 10.9 Å². The Morgan fingerprint density at radius 2 is 1.96 bits per heavy atom. The van der Waals surface area contributed by atoms with Crippen LogP contribution in [0.15, 0.2) is 66.2 Å². The first-order chi connectivity index (χ1) is 12.6. The number of hydrogen-bond acceptors (Lipinski definition) is 4. The number of carbonyl (C=O) groups excluding carboxylic acids is 1. The number of Topliss-reactive ketones (excluding diaryl/α,β-unsaturated/α-hetero) is 1. The zero-order chi connectivity index (χ0) is 18.1. The van der Waals surface area contributed by atoms with Crippen molar-refractivity contribution in [3.8, 4) is 11.1 Å². The van der Waals surface area contributed by atoms with Crippen LogP contribution in [0.5, 0.6) is 0 Å². The van der Waals surface area contributed by atoms with Gasteiger partial charge in [-0.2, -0.15) is 0 Å². The average molecular weight is 362 g/mol. The van der Waals surface area contributed by atoms with Gasteiger partial charge in [0.25, 0.3) is 0 Å². The van der Waals surface area contributed by atoms with Crippen molar-refractivity contribution in [2.45, 2.75) is 12.1 Å². The van der Waals surface area contributed by atoms with Crippen LogP contribution in [0, 0.1) is 6.92 Å². The van der Waals surface area contributed by atoms with Crippen LogP contribution in [0.25, 0.3) is 16.6 Å². The normalized spacial score (nSPS) is 11.2. The molecule has 0 saturated carbocycles. The molecule has 0 N–H and O–H groups in total. The van der Waals surface area contributed by atoms with Crippen molar-refractivity contribution >= 4 is 23.1 Å². The van der Waals surface area contributed by atoms with Gasteiger partial charge in [0.1, 0.15) is 6.33 Å². The van der Waals surface area contributed by atoms with Crippen molar-refractivity contribution in [3.63, 3.8) is 0 Å². The molecule has 0 saturated heterocycles. The molecule has 0 bridgehead atoms. The highest BCUT2D eigenvalue weighted by Crippen LogP contribution is 2.29. The zero-order valence-corrected chi connectivity index (χ0v) is 15.4. The highest BCUT2D eigenvalue weighted by atomic mass is 32.2. The van der Waals surface area contributed by atoms with E-state index in [1.54, 1.807) is 6.33 Å². The van der Waals surface area contributed by atoms with Gasteiger partial charge in [-0.05, 0) is 30.7 Å². The summed E-state index contributed by atoms with van der Waals surface area (Å²) in [5.74, 6) is 0.381. The van der Waals surface area contributed by atoms with Crippen LogP contribution in [0.4, 0.5) is 0 Å². The summed E-state index contributed by atoms with van der Waals surface area (Å²) < 4.78 is 3.78. The summed E-state index contributed by atoms with van der Waals surface area (Å²) in [6.07, 6.45) is 3.57. The minimum absolute atomic E-state index is 0.0692. The highest BCUT2D eigenvalue weighted by Gasteiger charge is 2.19. The lowest BCUT2D eigenvalue weighted by atomic mass is 10.0. The fraction of sp³-hybridized carbons (Fsp3) is 0.150. The van der Waals surface area contributed by atoms with Gasteiger partial charge in [0.2, 0.25) is 0 Å². The molecule has 1 aromatic carbocycles. The molecule has 6 heteroatoms. The summed E-state index contributed by atoms with van der Waals surface area (Å²) in [5, 5.41) is 8.63. The number of pyridine rings is 1. The van der Waals surface area contributed by atoms with Crippen LogP contribution < -0.4 is 0 Å². The number of fused-ring (bicyclic) bond motifs is 1. The average Bonchev–Trinajstić information content (AvgIpc) is 3.23. The molecule has 5 nitrogen and oxygen atoms in total. The van der Waals surface area contributed by atoms with Crippen molar-refractivity contribution < 1.29 is 4.79 Å². The van der Waals surface area contributed by atoms with E-state index in [0.29, 0.717) is 11.4 Å². The van der Waals surface area contributed by atoms with Crippen molar-refractivity contribution in [3.05, 3.63) is 72.3 Å². The molecule has 0 spiro atoms. The Morgan fingerprint density at radius 3 is 2.69 bits per heavy atom. The zero-order valence-electron chi connectivity index (χ0n) is 14.6. The Balaban J connectivity index is 1.74. The Kier molecular flexibility index (Phi) is 4.34. The van der Waals surface area contributed by atoms with Gasteiger partial charge in [0, 0.05) is 24.3 Å². The SMILES string of the molecule is Cc1ccc(-c2cc3ccccn3c2C(=O)CSc2nncn2C)cc1. The summed E-state index contributed by atoms with van der Waals surface area (Å²) in [4.78, 5) is 13.1. The van der Waals surface area contributed by atoms with Crippen molar-refractivity contribution in [1.82, 2.24) is 19.2 Å². The number of nitrogens with zero attached hydrogens (tertiary/aromatic N) is 4. The fourth-order valence-electron chi connectivity index (χ4n) is 2.96. The Hall–Kier alpha value is -2.86. The van der Waals surface area contributed by atoms with E-state index in [0.717, 1.165) is 21.8 Å². The molecule has 0 radical (unpaired) electrons. The van der Waals surface area contributed by atoms with Gasteiger partial charge in [-0.15, -0.1) is 10.2 Å². The van der Waals surface area contributed by atoms with Gasteiger partial charge in [-0.25, -0.2) is 0 Å². The lowest BCUT2D eigenvalue weighted by Gasteiger charge is -2.07. The smallest absolute Gasteiger partial charge is 0.191 e. The summed E-state index contributed by atoms with van der Waals surface area (Å²) in [7, 11) is 1.87. The van der Waals surface area contributed by atoms with Gasteiger partial charge in [-0.1, -0.05) is 47.7 Å². The number of carbonyl (C=O) groups is 1. The largest absolute Gasteiger partial charge is 0.313 e. The monoisotopic (exact) mass is 362 g/mol. The number of benzene rings is 1. The van der Waals surface area contributed by atoms with E-state index < -0.39 is 0 Å². The van der Waals surface area contributed by atoms with Crippen LogP contribution in [-0.4, -0.2) is 30.7 Å². The molecular formula is C20H18N4OS. The van der Waals surface area contributed by atoms with Crippen LogP contribution >= 0.6 is 11.8 Å². The maximum atomic E-state index is 13.1. The molecule has 0 aliphatic heterocycles. The van der Waals surface area contributed by atoms with Gasteiger partial charge in [-0.3, -0.25) is 4.79 Å². The lowest BCUT2D eigenvalue weighted by Crippen LogP contribution is -2.08. The predicted octanol–water partition coefficient (Wildman–Crippen LogP) is 4.02. The van der Waals surface area contributed by atoms with E-state index in [2.05, 4.69) is 47.5 Å². The van der Waals surface area contributed by atoms with Crippen molar-refractivity contribution in [1.29, 1.82) is 0 Å². The first kappa shape index (κ1) is 16.6. The summed E-state index contributed by atoms with van der Waals surface area (Å²) >= 11 is 1.40. The quantitative estimate of drug-likeness (QED) is 0.397. The third-order valence-electron chi connectivity index (χ3n) is 4.31. The van der Waals surface area contributed by atoms with Gasteiger partial charge in [0.05, 0.1) is 11.4 Å². The second-order valence-electron chi connectivity index (χ2n) is 6.20. The molecule has 26 heavy (non-hydrogen) atoms. The van der Waals surface area contributed by atoms with E-state index in [4.69, 9.17) is 0 Å². The summed E-state index contributed by atoms with van der Waals surface area (Å²) in [6.45, 7) is 2.06. The topological polar surface area (TPSA) is 52.2 Å². The molecule has 0 unspecified atom stereocenters.